The average molecular weight is 420 g/mol. The third-order valence-electron chi connectivity index (χ3n) is 4.07. The van der Waals surface area contributed by atoms with E-state index in [-0.39, 0.29) is 12.3 Å². The van der Waals surface area contributed by atoms with E-state index in [0.29, 0.717) is 36.0 Å². The van der Waals surface area contributed by atoms with Gasteiger partial charge in [0.15, 0.2) is 5.96 Å². The summed E-state index contributed by atoms with van der Waals surface area (Å²) in [5.74, 6) is 0.454. The largest absolute Gasteiger partial charge is 0.493 e. The van der Waals surface area contributed by atoms with E-state index in [1.54, 1.807) is 37.4 Å². The number of carbonyl (C=O) groups is 1. The second-order valence-electron chi connectivity index (χ2n) is 6.34. The van der Waals surface area contributed by atoms with Crippen LogP contribution in [0.25, 0.3) is 0 Å². The molecule has 0 heterocycles. The molecule has 0 spiro atoms. The van der Waals surface area contributed by atoms with Crippen molar-refractivity contribution >= 4 is 11.9 Å². The molecule has 4 N–H and O–H groups in total. The first-order chi connectivity index (χ1) is 14.4. The minimum absolute atomic E-state index is 0.0377. The van der Waals surface area contributed by atoms with E-state index in [1.807, 2.05) is 13.0 Å². The third kappa shape index (κ3) is 7.23. The van der Waals surface area contributed by atoms with Gasteiger partial charge in [0.2, 0.25) is 5.91 Å². The topological polar surface area (TPSA) is 98.0 Å². The summed E-state index contributed by atoms with van der Waals surface area (Å²) in [6.45, 7) is 0.0963. The van der Waals surface area contributed by atoms with Crippen molar-refractivity contribution in [2.45, 2.75) is 33.0 Å². The van der Waals surface area contributed by atoms with Gasteiger partial charge < -0.3 is 25.8 Å². The first-order valence-corrected chi connectivity index (χ1v) is 9.46. The Morgan fingerprint density at radius 2 is 1.93 bits per heavy atom. The summed E-state index contributed by atoms with van der Waals surface area (Å²) >= 11 is 0. The van der Waals surface area contributed by atoms with Gasteiger partial charge in [0.05, 0.1) is 6.61 Å². The van der Waals surface area contributed by atoms with E-state index in [1.165, 1.54) is 6.07 Å². The van der Waals surface area contributed by atoms with Crippen LogP contribution in [0.1, 0.15) is 34.8 Å². The van der Waals surface area contributed by atoms with Crippen molar-refractivity contribution < 1.29 is 23.0 Å². The summed E-state index contributed by atoms with van der Waals surface area (Å²) in [6.07, 6.45) is 0.804. The highest BCUT2D eigenvalue weighted by atomic mass is 19.3. The zero-order valence-electron chi connectivity index (χ0n) is 17.0. The fourth-order valence-electron chi connectivity index (χ4n) is 2.62. The normalized spacial score (nSPS) is 11.3. The van der Waals surface area contributed by atoms with Crippen LogP contribution in [0.15, 0.2) is 47.5 Å². The number of guanidine groups is 1. The van der Waals surface area contributed by atoms with Gasteiger partial charge in [-0.2, -0.15) is 8.78 Å². The maximum atomic E-state index is 12.8. The van der Waals surface area contributed by atoms with Crippen LogP contribution in [0.3, 0.4) is 0 Å². The van der Waals surface area contributed by atoms with Crippen molar-refractivity contribution in [3.63, 3.8) is 0 Å². The minimum Gasteiger partial charge on any atom is -0.493 e. The van der Waals surface area contributed by atoms with Gasteiger partial charge in [-0.25, -0.2) is 0 Å². The highest BCUT2D eigenvalue weighted by Gasteiger charge is 2.12. The summed E-state index contributed by atoms with van der Waals surface area (Å²) in [6, 6.07) is 11.7. The summed E-state index contributed by atoms with van der Waals surface area (Å²) < 4.78 is 35.7. The van der Waals surface area contributed by atoms with Gasteiger partial charge in [-0.05, 0) is 36.2 Å². The number of alkyl halides is 2. The van der Waals surface area contributed by atoms with E-state index in [4.69, 9.17) is 10.5 Å². The van der Waals surface area contributed by atoms with Gasteiger partial charge in [-0.3, -0.25) is 9.79 Å². The highest BCUT2D eigenvalue weighted by molar-refractivity contribution is 5.92. The number of nitrogens with zero attached hydrogens (tertiary/aromatic N) is 1. The molecule has 2 aromatic rings. The van der Waals surface area contributed by atoms with Crippen LogP contribution in [0, 0.1) is 0 Å². The molecule has 0 aliphatic heterocycles. The first kappa shape index (κ1) is 22.9. The summed E-state index contributed by atoms with van der Waals surface area (Å²) in [4.78, 5) is 15.4. The van der Waals surface area contributed by atoms with Gasteiger partial charge in [-0.1, -0.05) is 19.1 Å². The number of nitrogens with two attached hydrogens (primary N) is 1. The lowest BCUT2D eigenvalue weighted by Gasteiger charge is -2.16. The molecule has 7 nitrogen and oxygen atoms in total. The molecule has 2 rings (SSSR count). The fraction of sp³-hybridized carbons (Fsp3) is 0.333. The van der Waals surface area contributed by atoms with Crippen LogP contribution in [0.4, 0.5) is 8.78 Å². The van der Waals surface area contributed by atoms with Crippen LogP contribution in [0.5, 0.6) is 11.5 Å². The SMILES string of the molecule is CCCOc1ccc(CNC(=NC)NCc2cccc(C(N)=O)c2)c(OC(F)F)c1. The van der Waals surface area contributed by atoms with E-state index >= 15 is 0 Å². The number of carbonyl (C=O) groups excluding carboxylic acids is 1. The lowest BCUT2D eigenvalue weighted by Crippen LogP contribution is -2.36. The van der Waals surface area contributed by atoms with Crippen LogP contribution in [-0.4, -0.2) is 32.1 Å². The summed E-state index contributed by atoms with van der Waals surface area (Å²) in [5.41, 5.74) is 7.07. The van der Waals surface area contributed by atoms with Crippen LogP contribution in [-0.2, 0) is 13.1 Å². The second kappa shape index (κ2) is 11.6. The van der Waals surface area contributed by atoms with Gasteiger partial charge in [0, 0.05) is 37.3 Å². The molecule has 0 aromatic heterocycles. The third-order valence-corrected chi connectivity index (χ3v) is 4.07. The number of rotatable bonds is 10. The van der Waals surface area contributed by atoms with Crippen LogP contribution in [0.2, 0.25) is 0 Å². The van der Waals surface area contributed by atoms with Gasteiger partial charge >= 0.3 is 6.61 Å². The number of hydrogen-bond acceptors (Lipinski definition) is 4. The van der Waals surface area contributed by atoms with E-state index in [9.17, 15) is 13.6 Å². The van der Waals surface area contributed by atoms with Crippen LogP contribution >= 0.6 is 0 Å². The Morgan fingerprint density at radius 1 is 1.17 bits per heavy atom. The second-order valence-corrected chi connectivity index (χ2v) is 6.34. The van der Waals surface area contributed by atoms with Gasteiger partial charge in [0.25, 0.3) is 0 Å². The predicted octanol–water partition coefficient (Wildman–Crippen LogP) is 3.04. The molecule has 30 heavy (non-hydrogen) atoms. The molecule has 0 aliphatic carbocycles. The number of aliphatic imine (C=N–C) groups is 1. The molecule has 0 radical (unpaired) electrons. The Kier molecular flexibility index (Phi) is 8.86. The van der Waals surface area contributed by atoms with Gasteiger partial charge in [0.1, 0.15) is 11.5 Å². The Morgan fingerprint density at radius 3 is 2.60 bits per heavy atom. The molecular formula is C21H26F2N4O3. The number of benzene rings is 2. The summed E-state index contributed by atoms with van der Waals surface area (Å²) in [7, 11) is 1.59. The maximum Gasteiger partial charge on any atom is 0.387 e. The lowest BCUT2D eigenvalue weighted by molar-refractivity contribution is -0.0505. The molecule has 0 fully saturated rings. The number of amides is 1. The molecule has 0 saturated carbocycles. The maximum absolute atomic E-state index is 12.8. The molecule has 0 unspecified atom stereocenters. The molecule has 0 aliphatic rings. The highest BCUT2D eigenvalue weighted by Crippen LogP contribution is 2.26. The van der Waals surface area contributed by atoms with Crippen molar-refractivity contribution in [2.24, 2.45) is 10.7 Å². The molecule has 2 aromatic carbocycles. The van der Waals surface area contributed by atoms with Gasteiger partial charge in [-0.15, -0.1) is 0 Å². The molecular weight excluding hydrogens is 394 g/mol. The Labute approximate surface area is 174 Å². The predicted molar refractivity (Wildman–Crippen MR) is 111 cm³/mol. The van der Waals surface area contributed by atoms with Crippen molar-refractivity contribution in [3.8, 4) is 11.5 Å². The summed E-state index contributed by atoms with van der Waals surface area (Å²) in [5, 5.41) is 6.15. The molecule has 1 amide bonds. The molecule has 0 atom stereocenters. The molecule has 9 heteroatoms. The quantitative estimate of drug-likeness (QED) is 0.405. The Bertz CT molecular complexity index is 875. The number of nitrogens with one attached hydrogen (secondary N) is 2. The number of ether oxygens (including phenoxy) is 2. The van der Waals surface area contributed by atoms with Crippen molar-refractivity contribution in [3.05, 3.63) is 59.2 Å². The Balaban J connectivity index is 2.01. The first-order valence-electron chi connectivity index (χ1n) is 9.46. The Hall–Kier alpha value is -3.36. The number of hydrogen-bond donors (Lipinski definition) is 3. The monoisotopic (exact) mass is 420 g/mol. The lowest BCUT2D eigenvalue weighted by atomic mass is 10.1. The van der Waals surface area contributed by atoms with Crippen molar-refractivity contribution in [1.29, 1.82) is 0 Å². The van der Waals surface area contributed by atoms with Crippen LogP contribution < -0.4 is 25.8 Å². The number of primary amides is 1. The minimum atomic E-state index is -2.94. The number of halogens is 2. The zero-order valence-corrected chi connectivity index (χ0v) is 17.0. The van der Waals surface area contributed by atoms with Crippen molar-refractivity contribution in [2.75, 3.05) is 13.7 Å². The molecule has 0 bridgehead atoms. The smallest absolute Gasteiger partial charge is 0.387 e. The zero-order chi connectivity index (χ0) is 21.9. The fourth-order valence-corrected chi connectivity index (χ4v) is 2.62. The van der Waals surface area contributed by atoms with E-state index in [2.05, 4.69) is 20.4 Å². The average Bonchev–Trinajstić information content (AvgIpc) is 2.73. The van der Waals surface area contributed by atoms with E-state index < -0.39 is 12.5 Å². The molecule has 162 valence electrons. The molecule has 0 saturated heterocycles. The van der Waals surface area contributed by atoms with E-state index in [0.717, 1.165) is 12.0 Å². The standard InChI is InChI=1S/C21H26F2N4O3/c1-3-9-29-17-8-7-16(18(11-17)30-20(22)23)13-27-21(25-2)26-12-14-5-4-6-15(10-14)19(24)28/h4-8,10-11,20H,3,9,12-13H2,1-2H3,(H2,24,28)(H2,25,26,27). The van der Waals surface area contributed by atoms with Crippen molar-refractivity contribution in [1.82, 2.24) is 10.6 Å².